The number of esters is 1. The van der Waals surface area contributed by atoms with Crippen molar-refractivity contribution in [2.75, 3.05) is 6.54 Å². The van der Waals surface area contributed by atoms with Gasteiger partial charge in [0.25, 0.3) is 5.91 Å². The fourth-order valence-corrected chi connectivity index (χ4v) is 6.22. The number of nitrogens with one attached hydrogen (secondary N) is 1. The maximum atomic E-state index is 13.4. The Bertz CT molecular complexity index is 1290. The van der Waals surface area contributed by atoms with Crippen LogP contribution >= 0.6 is 0 Å². The average molecular weight is 537 g/mol. The van der Waals surface area contributed by atoms with Crippen LogP contribution in [0.3, 0.4) is 0 Å². The Morgan fingerprint density at radius 1 is 0.947 bits per heavy atom. The standard InChI is InChI=1S/C28H32N4O5S/c33-27(31-20-24-11-7-16-30-19-24)26(14-13-22-10-6-15-29-18-22)37-28(34)25-12-4-5-17-32(25)38(35,36)21-23-8-2-1-3-9-23/h1-3,6-11,15-16,18-19,25-26H,4-5,12-14,17,20-21H2,(H,31,33)/t25-,26?/m0/s1. The fourth-order valence-electron chi connectivity index (χ4n) is 4.45. The molecular formula is C28H32N4O5S. The number of rotatable bonds is 11. The van der Waals surface area contributed by atoms with Crippen molar-refractivity contribution >= 4 is 21.9 Å². The van der Waals surface area contributed by atoms with Crippen LogP contribution in [0.5, 0.6) is 0 Å². The van der Waals surface area contributed by atoms with E-state index in [1.165, 1.54) is 4.31 Å². The van der Waals surface area contributed by atoms with E-state index in [4.69, 9.17) is 4.74 Å². The monoisotopic (exact) mass is 536 g/mol. The minimum absolute atomic E-state index is 0.201. The van der Waals surface area contributed by atoms with Gasteiger partial charge in [-0.25, -0.2) is 8.42 Å². The van der Waals surface area contributed by atoms with Crippen LogP contribution < -0.4 is 5.32 Å². The number of aromatic nitrogens is 2. The van der Waals surface area contributed by atoms with Gasteiger partial charge in [-0.2, -0.15) is 4.31 Å². The SMILES string of the molecule is O=C(NCc1cccnc1)C(CCc1cccnc1)OC(=O)[C@@H]1CCCCN1S(=O)(=O)Cc1ccccc1. The van der Waals surface area contributed by atoms with Gasteiger partial charge in [-0.15, -0.1) is 0 Å². The van der Waals surface area contributed by atoms with Gasteiger partial charge in [-0.3, -0.25) is 19.6 Å². The molecule has 0 bridgehead atoms. The van der Waals surface area contributed by atoms with Crippen molar-refractivity contribution in [3.05, 3.63) is 96.1 Å². The molecule has 3 heterocycles. The number of carbonyl (C=O) groups is 2. The maximum absolute atomic E-state index is 13.4. The van der Waals surface area contributed by atoms with E-state index < -0.39 is 34.0 Å². The second-order valence-corrected chi connectivity index (χ2v) is 11.2. The minimum Gasteiger partial charge on any atom is -0.451 e. The van der Waals surface area contributed by atoms with Crippen molar-refractivity contribution in [1.82, 2.24) is 19.6 Å². The number of pyridine rings is 2. The zero-order chi connectivity index (χ0) is 26.8. The number of nitrogens with zero attached hydrogens (tertiary/aromatic N) is 3. The van der Waals surface area contributed by atoms with Gasteiger partial charge >= 0.3 is 5.97 Å². The molecule has 1 amide bonds. The molecule has 1 saturated heterocycles. The maximum Gasteiger partial charge on any atom is 0.325 e. The van der Waals surface area contributed by atoms with Crippen molar-refractivity contribution in [2.45, 2.75) is 56.5 Å². The second-order valence-electron chi connectivity index (χ2n) is 9.27. The van der Waals surface area contributed by atoms with Crippen LogP contribution in [-0.2, 0) is 43.1 Å². The zero-order valence-corrected chi connectivity index (χ0v) is 21.9. The molecule has 1 aliphatic rings. The average Bonchev–Trinajstić information content (AvgIpc) is 2.95. The Hall–Kier alpha value is -3.63. The molecule has 1 N–H and O–H groups in total. The molecule has 4 rings (SSSR count). The highest BCUT2D eigenvalue weighted by Crippen LogP contribution is 2.25. The first-order valence-electron chi connectivity index (χ1n) is 12.7. The Morgan fingerprint density at radius 3 is 2.32 bits per heavy atom. The highest BCUT2D eigenvalue weighted by molar-refractivity contribution is 7.88. The van der Waals surface area contributed by atoms with Gasteiger partial charge in [0.15, 0.2) is 6.10 Å². The molecule has 10 heteroatoms. The van der Waals surface area contributed by atoms with Gasteiger partial charge in [0.2, 0.25) is 10.0 Å². The lowest BCUT2D eigenvalue weighted by molar-refractivity contribution is -0.160. The molecule has 1 unspecified atom stereocenters. The van der Waals surface area contributed by atoms with Crippen molar-refractivity contribution < 1.29 is 22.7 Å². The minimum atomic E-state index is -3.77. The van der Waals surface area contributed by atoms with E-state index in [2.05, 4.69) is 15.3 Å². The van der Waals surface area contributed by atoms with Crippen LogP contribution in [0.15, 0.2) is 79.4 Å². The summed E-state index contributed by atoms with van der Waals surface area (Å²) in [6.07, 6.45) is 7.98. The summed E-state index contributed by atoms with van der Waals surface area (Å²) in [5, 5.41) is 2.81. The normalized spacial score (nSPS) is 16.9. The molecule has 0 spiro atoms. The molecule has 0 radical (unpaired) electrons. The van der Waals surface area contributed by atoms with E-state index in [1.54, 1.807) is 61.2 Å². The van der Waals surface area contributed by atoms with Crippen molar-refractivity contribution in [3.63, 3.8) is 0 Å². The molecular weight excluding hydrogens is 504 g/mol. The van der Waals surface area contributed by atoms with E-state index in [-0.39, 0.29) is 25.3 Å². The summed E-state index contributed by atoms with van der Waals surface area (Å²) in [6.45, 7) is 0.469. The number of ether oxygens (including phenoxy) is 1. The van der Waals surface area contributed by atoms with Crippen LogP contribution in [0, 0.1) is 0 Å². The quantitative estimate of drug-likeness (QED) is 0.374. The molecule has 1 fully saturated rings. The van der Waals surface area contributed by atoms with Gasteiger partial charge in [-0.1, -0.05) is 42.5 Å². The number of benzene rings is 1. The molecule has 2 atom stereocenters. The van der Waals surface area contributed by atoms with Gasteiger partial charge in [0.05, 0.1) is 5.75 Å². The molecule has 3 aromatic rings. The Kier molecular flexibility index (Phi) is 9.56. The van der Waals surface area contributed by atoms with Gasteiger partial charge in [0, 0.05) is 37.9 Å². The molecule has 200 valence electrons. The van der Waals surface area contributed by atoms with E-state index >= 15 is 0 Å². The lowest BCUT2D eigenvalue weighted by Crippen LogP contribution is -2.50. The molecule has 2 aromatic heterocycles. The first-order chi connectivity index (χ1) is 18.4. The van der Waals surface area contributed by atoms with E-state index in [1.807, 2.05) is 18.2 Å². The first kappa shape index (κ1) is 27.4. The predicted octanol–water partition coefficient (Wildman–Crippen LogP) is 3.02. The molecule has 1 aliphatic heterocycles. The summed E-state index contributed by atoms with van der Waals surface area (Å²) in [4.78, 5) is 34.6. The largest absolute Gasteiger partial charge is 0.451 e. The Balaban J connectivity index is 1.47. The Morgan fingerprint density at radius 2 is 1.63 bits per heavy atom. The number of amides is 1. The van der Waals surface area contributed by atoms with Crippen LogP contribution in [0.1, 0.15) is 42.4 Å². The number of hydrogen-bond donors (Lipinski definition) is 1. The summed E-state index contributed by atoms with van der Waals surface area (Å²) >= 11 is 0. The summed E-state index contributed by atoms with van der Waals surface area (Å²) < 4.78 is 33.6. The van der Waals surface area contributed by atoms with Crippen molar-refractivity contribution in [3.8, 4) is 0 Å². The molecule has 0 aliphatic carbocycles. The van der Waals surface area contributed by atoms with Gasteiger partial charge in [0.1, 0.15) is 6.04 Å². The topological polar surface area (TPSA) is 119 Å². The molecule has 0 saturated carbocycles. The van der Waals surface area contributed by atoms with Crippen molar-refractivity contribution in [1.29, 1.82) is 0 Å². The van der Waals surface area contributed by atoms with Crippen LogP contribution in [0.4, 0.5) is 0 Å². The van der Waals surface area contributed by atoms with Crippen LogP contribution in [-0.4, -0.2) is 53.3 Å². The number of hydrogen-bond acceptors (Lipinski definition) is 7. The third kappa shape index (κ3) is 7.69. The zero-order valence-electron chi connectivity index (χ0n) is 21.1. The lowest BCUT2D eigenvalue weighted by atomic mass is 10.0. The fraction of sp³-hybridized carbons (Fsp3) is 0.357. The van der Waals surface area contributed by atoms with Crippen LogP contribution in [0.2, 0.25) is 0 Å². The van der Waals surface area contributed by atoms with E-state index in [9.17, 15) is 18.0 Å². The first-order valence-corrected chi connectivity index (χ1v) is 14.3. The summed E-state index contributed by atoms with van der Waals surface area (Å²) in [7, 11) is -3.77. The summed E-state index contributed by atoms with van der Waals surface area (Å²) in [5.74, 6) is -1.34. The van der Waals surface area contributed by atoms with Crippen LogP contribution in [0.25, 0.3) is 0 Å². The highest BCUT2D eigenvalue weighted by Gasteiger charge is 2.39. The highest BCUT2D eigenvalue weighted by atomic mass is 32.2. The number of piperidine rings is 1. The summed E-state index contributed by atoms with van der Waals surface area (Å²) in [5.41, 5.74) is 2.36. The number of aryl methyl sites for hydroxylation is 1. The molecule has 38 heavy (non-hydrogen) atoms. The Labute approximate surface area is 223 Å². The molecule has 1 aromatic carbocycles. The van der Waals surface area contributed by atoms with Gasteiger partial charge < -0.3 is 10.1 Å². The second kappa shape index (κ2) is 13.3. The molecule has 9 nitrogen and oxygen atoms in total. The smallest absolute Gasteiger partial charge is 0.325 e. The summed E-state index contributed by atoms with van der Waals surface area (Å²) in [6, 6.07) is 15.2. The third-order valence-corrected chi connectivity index (χ3v) is 8.28. The number of carbonyl (C=O) groups excluding carboxylic acids is 2. The van der Waals surface area contributed by atoms with E-state index in [0.29, 0.717) is 31.2 Å². The third-order valence-electron chi connectivity index (χ3n) is 6.43. The van der Waals surface area contributed by atoms with E-state index in [0.717, 1.165) is 11.1 Å². The van der Waals surface area contributed by atoms with Crippen molar-refractivity contribution in [2.24, 2.45) is 0 Å². The number of sulfonamides is 1. The lowest BCUT2D eigenvalue weighted by Gasteiger charge is -2.34. The van der Waals surface area contributed by atoms with Gasteiger partial charge in [-0.05, 0) is 60.9 Å². The predicted molar refractivity (Wildman–Crippen MR) is 142 cm³/mol.